The van der Waals surface area contributed by atoms with Crippen molar-refractivity contribution in [3.8, 4) is 11.5 Å². The van der Waals surface area contributed by atoms with E-state index < -0.39 is 0 Å². The monoisotopic (exact) mass is 527 g/mol. The minimum absolute atomic E-state index is 0.0247. The van der Waals surface area contributed by atoms with Gasteiger partial charge in [-0.2, -0.15) is 0 Å². The second-order valence-electron chi connectivity index (χ2n) is 13.6. The van der Waals surface area contributed by atoms with Crippen LogP contribution in [0.15, 0.2) is 18.2 Å². The van der Waals surface area contributed by atoms with Gasteiger partial charge in [-0.15, -0.1) is 0 Å². The first-order valence-electron chi connectivity index (χ1n) is 15.0. The van der Waals surface area contributed by atoms with Crippen molar-refractivity contribution in [3.63, 3.8) is 0 Å². The van der Waals surface area contributed by atoms with E-state index in [4.69, 9.17) is 9.47 Å². The van der Waals surface area contributed by atoms with E-state index in [1.807, 2.05) is 12.1 Å². The average molecular weight is 528 g/mol. The number of nitrogens with one attached hydrogen (secondary N) is 1. The van der Waals surface area contributed by atoms with Gasteiger partial charge in [0.2, 0.25) is 5.91 Å². The van der Waals surface area contributed by atoms with Crippen molar-refractivity contribution in [2.24, 2.45) is 46.3 Å². The molecule has 3 N–H and O–H groups in total. The summed E-state index contributed by atoms with van der Waals surface area (Å²) in [5, 5.41) is 24.8. The van der Waals surface area contributed by atoms with Crippen molar-refractivity contribution in [1.29, 1.82) is 0 Å². The summed E-state index contributed by atoms with van der Waals surface area (Å²) in [5.41, 5.74) is 1.18. The fraction of sp³-hybridized carbons (Fsp3) is 0.781. The molecule has 0 spiro atoms. The van der Waals surface area contributed by atoms with Crippen LogP contribution in [0.25, 0.3) is 0 Å². The SMILES string of the molecule is COc1cc(NC(=O)CC[C@@H](C)[C@@H]2CC[C@@H]3[C@H]4[C@@H](CC[C@@]32C)[C@@]2(C)CC[C@@H](O)C[C@@H]2C[C@@H]4O)cc(OC)c1. The maximum Gasteiger partial charge on any atom is 0.224 e. The summed E-state index contributed by atoms with van der Waals surface area (Å²) < 4.78 is 10.7. The molecule has 1 amide bonds. The zero-order valence-electron chi connectivity index (χ0n) is 24.0. The summed E-state index contributed by atoms with van der Waals surface area (Å²) in [6.45, 7) is 7.31. The molecule has 4 aliphatic carbocycles. The number of aliphatic hydroxyl groups is 2. The Morgan fingerprint density at radius 1 is 0.974 bits per heavy atom. The molecule has 0 aromatic heterocycles. The van der Waals surface area contributed by atoms with Gasteiger partial charge in [0.05, 0.1) is 26.4 Å². The Balaban J connectivity index is 1.23. The molecule has 5 rings (SSSR count). The van der Waals surface area contributed by atoms with Gasteiger partial charge >= 0.3 is 0 Å². The number of benzene rings is 1. The Labute approximate surface area is 228 Å². The van der Waals surface area contributed by atoms with E-state index in [2.05, 4.69) is 26.1 Å². The zero-order valence-corrected chi connectivity index (χ0v) is 24.0. The molecule has 6 nitrogen and oxygen atoms in total. The van der Waals surface area contributed by atoms with Crippen LogP contribution in [-0.2, 0) is 4.79 Å². The predicted molar refractivity (Wildman–Crippen MR) is 149 cm³/mol. The zero-order chi connectivity index (χ0) is 27.2. The first-order chi connectivity index (χ1) is 18.1. The predicted octanol–water partition coefficient (Wildman–Crippen LogP) is 6.05. The summed E-state index contributed by atoms with van der Waals surface area (Å²) in [5.74, 6) is 4.35. The van der Waals surface area contributed by atoms with Crippen molar-refractivity contribution < 1.29 is 24.5 Å². The minimum Gasteiger partial charge on any atom is -0.497 e. The molecular formula is C32H49NO5. The highest BCUT2D eigenvalue weighted by molar-refractivity contribution is 5.91. The van der Waals surface area contributed by atoms with Gasteiger partial charge in [-0.1, -0.05) is 20.8 Å². The van der Waals surface area contributed by atoms with Gasteiger partial charge in [0.25, 0.3) is 0 Å². The molecule has 6 heteroatoms. The fourth-order valence-corrected chi connectivity index (χ4v) is 9.84. The van der Waals surface area contributed by atoms with E-state index in [1.54, 1.807) is 20.3 Å². The number of ether oxygens (including phenoxy) is 2. The van der Waals surface area contributed by atoms with E-state index in [-0.39, 0.29) is 28.9 Å². The van der Waals surface area contributed by atoms with Gasteiger partial charge in [-0.25, -0.2) is 0 Å². The topological polar surface area (TPSA) is 88.0 Å². The van der Waals surface area contributed by atoms with Gasteiger partial charge < -0.3 is 25.0 Å². The van der Waals surface area contributed by atoms with Gasteiger partial charge in [0.1, 0.15) is 11.5 Å². The lowest BCUT2D eigenvalue weighted by atomic mass is 9.43. The Morgan fingerprint density at radius 2 is 1.63 bits per heavy atom. The third kappa shape index (κ3) is 4.85. The quantitative estimate of drug-likeness (QED) is 0.402. The van der Waals surface area contributed by atoms with Gasteiger partial charge in [0, 0.05) is 30.3 Å². The molecule has 0 bridgehead atoms. The van der Waals surface area contributed by atoms with Gasteiger partial charge in [-0.3, -0.25) is 4.79 Å². The van der Waals surface area contributed by atoms with E-state index in [1.165, 1.54) is 25.7 Å². The van der Waals surface area contributed by atoms with Gasteiger partial charge in [-0.05, 0) is 104 Å². The van der Waals surface area contributed by atoms with Crippen LogP contribution in [0, 0.1) is 46.3 Å². The fourth-order valence-electron chi connectivity index (χ4n) is 9.84. The van der Waals surface area contributed by atoms with Crippen LogP contribution in [0.4, 0.5) is 5.69 Å². The highest BCUT2D eigenvalue weighted by atomic mass is 16.5. The molecule has 212 valence electrons. The second-order valence-corrected chi connectivity index (χ2v) is 13.6. The van der Waals surface area contributed by atoms with Crippen molar-refractivity contribution in [2.75, 3.05) is 19.5 Å². The normalized spacial score (nSPS) is 40.9. The first-order valence-corrected chi connectivity index (χ1v) is 15.0. The summed E-state index contributed by atoms with van der Waals surface area (Å²) >= 11 is 0. The lowest BCUT2D eigenvalue weighted by molar-refractivity contribution is -0.174. The highest BCUT2D eigenvalue weighted by Crippen LogP contribution is 2.68. The van der Waals surface area contributed by atoms with Crippen molar-refractivity contribution in [2.45, 2.75) is 97.2 Å². The van der Waals surface area contributed by atoms with Crippen LogP contribution < -0.4 is 14.8 Å². The Morgan fingerprint density at radius 3 is 2.32 bits per heavy atom. The summed E-state index contributed by atoms with van der Waals surface area (Å²) in [6.07, 6.45) is 9.49. The minimum atomic E-state index is -0.243. The Hall–Kier alpha value is -1.79. The van der Waals surface area contributed by atoms with Crippen LogP contribution in [0.3, 0.4) is 0 Å². The van der Waals surface area contributed by atoms with Crippen LogP contribution in [0.1, 0.15) is 85.0 Å². The lowest BCUT2D eigenvalue weighted by Gasteiger charge is -2.62. The summed E-state index contributed by atoms with van der Waals surface area (Å²) in [7, 11) is 3.21. The third-order valence-electron chi connectivity index (χ3n) is 11.9. The summed E-state index contributed by atoms with van der Waals surface area (Å²) in [4.78, 5) is 12.9. The number of anilines is 1. The van der Waals surface area contributed by atoms with Crippen LogP contribution in [-0.4, -0.2) is 42.5 Å². The average Bonchev–Trinajstić information content (AvgIpc) is 3.25. The molecular weight excluding hydrogens is 478 g/mol. The third-order valence-corrected chi connectivity index (χ3v) is 11.9. The van der Waals surface area contributed by atoms with Crippen LogP contribution >= 0.6 is 0 Å². The van der Waals surface area contributed by atoms with Crippen molar-refractivity contribution >= 4 is 11.6 Å². The molecule has 1 aromatic rings. The maximum atomic E-state index is 12.9. The molecule has 1 aromatic carbocycles. The number of fused-ring (bicyclic) bond motifs is 5. The molecule has 4 aliphatic rings. The number of carbonyl (C=O) groups excluding carboxylic acids is 1. The van der Waals surface area contributed by atoms with Crippen LogP contribution in [0.2, 0.25) is 0 Å². The lowest BCUT2D eigenvalue weighted by Crippen LogP contribution is -2.58. The van der Waals surface area contributed by atoms with E-state index in [9.17, 15) is 15.0 Å². The number of rotatable bonds is 7. The molecule has 0 unspecified atom stereocenters. The summed E-state index contributed by atoms with van der Waals surface area (Å²) in [6, 6.07) is 5.43. The highest BCUT2D eigenvalue weighted by Gasteiger charge is 2.62. The number of hydrogen-bond donors (Lipinski definition) is 3. The van der Waals surface area contributed by atoms with E-state index >= 15 is 0 Å². The number of amides is 1. The Kier molecular flexibility index (Phi) is 7.78. The van der Waals surface area contributed by atoms with Crippen LogP contribution in [0.5, 0.6) is 11.5 Å². The van der Waals surface area contributed by atoms with Crippen molar-refractivity contribution in [1.82, 2.24) is 0 Å². The number of aliphatic hydroxyl groups excluding tert-OH is 2. The molecule has 0 radical (unpaired) electrons. The first kappa shape index (κ1) is 27.8. The molecule has 4 fully saturated rings. The molecule has 0 saturated heterocycles. The molecule has 10 atom stereocenters. The number of hydrogen-bond acceptors (Lipinski definition) is 5. The molecule has 38 heavy (non-hydrogen) atoms. The van der Waals surface area contributed by atoms with E-state index in [0.29, 0.717) is 59.1 Å². The van der Waals surface area contributed by atoms with Crippen molar-refractivity contribution in [3.05, 3.63) is 18.2 Å². The standard InChI is InChI=1S/C32H49NO5/c1-19(6-9-29(36)33-21-16-23(37-4)18-24(17-21)38-5)25-7-8-26-30-27(11-13-32(25,26)3)31(2)12-10-22(34)14-20(31)15-28(30)35/h16-20,22,25-28,30,34-35H,6-15H2,1-5H3,(H,33,36)/t19-,20-,22-,25+,26-,27-,28+,30+,31+,32-/m1/s1. The Bertz CT molecular complexity index is 991. The van der Waals surface area contributed by atoms with E-state index in [0.717, 1.165) is 32.1 Å². The molecule has 0 heterocycles. The second kappa shape index (κ2) is 10.6. The molecule has 4 saturated carbocycles. The van der Waals surface area contributed by atoms with Gasteiger partial charge in [0.15, 0.2) is 0 Å². The largest absolute Gasteiger partial charge is 0.497 e. The maximum absolute atomic E-state index is 12.9. The number of methoxy groups -OCH3 is 2. The smallest absolute Gasteiger partial charge is 0.224 e. The molecule has 0 aliphatic heterocycles. The number of carbonyl (C=O) groups is 1.